The van der Waals surface area contributed by atoms with Crippen LogP contribution in [-0.2, 0) is 19.5 Å². The Hall–Kier alpha value is -4.86. The van der Waals surface area contributed by atoms with Gasteiger partial charge in [-0.05, 0) is 42.0 Å². The van der Waals surface area contributed by atoms with Gasteiger partial charge >= 0.3 is 0 Å². The molecule has 9 nitrogen and oxygen atoms in total. The van der Waals surface area contributed by atoms with Gasteiger partial charge in [-0.15, -0.1) is 0 Å². The van der Waals surface area contributed by atoms with Crippen LogP contribution in [0.1, 0.15) is 27.3 Å². The summed E-state index contributed by atoms with van der Waals surface area (Å²) < 4.78 is 20.2. The van der Waals surface area contributed by atoms with E-state index in [0.29, 0.717) is 31.7 Å². The minimum Gasteiger partial charge on any atom is -0.497 e. The van der Waals surface area contributed by atoms with Gasteiger partial charge in [0.15, 0.2) is 5.96 Å². The van der Waals surface area contributed by atoms with Crippen LogP contribution in [0.5, 0.6) is 5.75 Å². The van der Waals surface area contributed by atoms with Crippen molar-refractivity contribution < 1.29 is 13.9 Å². The first-order valence-electron chi connectivity index (χ1n) is 12.1. The number of pyridine rings is 3. The lowest BCUT2D eigenvalue weighted by molar-refractivity contribution is 0.0967. The van der Waals surface area contributed by atoms with Gasteiger partial charge in [0.05, 0.1) is 30.6 Å². The molecule has 4 heterocycles. The minimum absolute atomic E-state index is 0.111. The zero-order valence-corrected chi connectivity index (χ0v) is 20.7. The smallest absolute Gasteiger partial charge is 0.261 e. The molecule has 192 valence electrons. The van der Waals surface area contributed by atoms with E-state index in [2.05, 4.69) is 20.6 Å². The summed E-state index contributed by atoms with van der Waals surface area (Å²) in [6, 6.07) is 17.5. The van der Waals surface area contributed by atoms with Crippen molar-refractivity contribution in [1.29, 1.82) is 5.41 Å². The van der Waals surface area contributed by atoms with Crippen LogP contribution in [0.3, 0.4) is 0 Å². The Morgan fingerprint density at radius 2 is 1.92 bits per heavy atom. The van der Waals surface area contributed by atoms with Gasteiger partial charge in [0.2, 0.25) is 0 Å². The van der Waals surface area contributed by atoms with E-state index in [0.717, 1.165) is 28.8 Å². The molecule has 38 heavy (non-hydrogen) atoms. The molecule has 1 amide bonds. The number of carbonyl (C=O) groups is 1. The standard InChI is InChI=1S/C28H26FN7O2/c1-38-20-14-21(24-7-3-5-12-32-24)26(22(29)15-20)27(37)35-28(30)36-13-10-23-18(17-36)8-9-25(34-23)33-16-19-6-2-4-11-31-19/h2-9,11-12,14-15H,10,13,16-17H2,1H3,(H,33,34)(H2,30,35,37). The number of benzene rings is 1. The van der Waals surface area contributed by atoms with E-state index in [4.69, 9.17) is 15.1 Å². The number of carbonyl (C=O) groups excluding carboxylic acids is 1. The van der Waals surface area contributed by atoms with Gasteiger partial charge in [-0.2, -0.15) is 0 Å². The Morgan fingerprint density at radius 3 is 2.66 bits per heavy atom. The number of hydrogen-bond acceptors (Lipinski definition) is 7. The highest BCUT2D eigenvalue weighted by Crippen LogP contribution is 2.29. The monoisotopic (exact) mass is 511 g/mol. The Labute approximate surface area is 219 Å². The third-order valence-electron chi connectivity index (χ3n) is 6.24. The lowest BCUT2D eigenvalue weighted by atomic mass is 10.0. The second kappa shape index (κ2) is 11.0. The molecule has 1 aromatic carbocycles. The van der Waals surface area contributed by atoms with E-state index in [1.165, 1.54) is 7.11 Å². The molecule has 1 aliphatic heterocycles. The molecule has 5 rings (SSSR count). The molecule has 0 aliphatic carbocycles. The van der Waals surface area contributed by atoms with E-state index in [9.17, 15) is 4.79 Å². The molecule has 0 saturated heterocycles. The highest BCUT2D eigenvalue weighted by Gasteiger charge is 2.25. The van der Waals surface area contributed by atoms with Crippen LogP contribution in [0.4, 0.5) is 10.2 Å². The first-order chi connectivity index (χ1) is 18.5. The van der Waals surface area contributed by atoms with E-state index < -0.39 is 11.7 Å². The summed E-state index contributed by atoms with van der Waals surface area (Å²) in [6.07, 6.45) is 3.92. The van der Waals surface area contributed by atoms with Crippen LogP contribution in [0.2, 0.25) is 0 Å². The molecule has 0 bridgehead atoms. The fourth-order valence-corrected chi connectivity index (χ4v) is 4.29. The highest BCUT2D eigenvalue weighted by molar-refractivity contribution is 6.08. The second-order valence-corrected chi connectivity index (χ2v) is 8.70. The lowest BCUT2D eigenvalue weighted by Crippen LogP contribution is -2.46. The van der Waals surface area contributed by atoms with Gasteiger partial charge in [0.25, 0.3) is 5.91 Å². The van der Waals surface area contributed by atoms with Gasteiger partial charge in [-0.25, -0.2) is 9.37 Å². The number of nitrogens with one attached hydrogen (secondary N) is 3. The average molecular weight is 512 g/mol. The first-order valence-corrected chi connectivity index (χ1v) is 12.1. The van der Waals surface area contributed by atoms with Crippen molar-refractivity contribution in [3.8, 4) is 17.0 Å². The zero-order valence-electron chi connectivity index (χ0n) is 20.7. The number of ether oxygens (including phenoxy) is 1. The second-order valence-electron chi connectivity index (χ2n) is 8.70. The van der Waals surface area contributed by atoms with Crippen molar-refractivity contribution in [1.82, 2.24) is 25.2 Å². The molecule has 0 atom stereocenters. The molecule has 3 aromatic heterocycles. The summed E-state index contributed by atoms with van der Waals surface area (Å²) in [5.74, 6) is -0.574. The van der Waals surface area contributed by atoms with Crippen LogP contribution < -0.4 is 15.4 Å². The van der Waals surface area contributed by atoms with Crippen LogP contribution in [0.15, 0.2) is 73.1 Å². The molecule has 10 heteroatoms. The van der Waals surface area contributed by atoms with Gasteiger partial charge in [-0.1, -0.05) is 18.2 Å². The maximum Gasteiger partial charge on any atom is 0.261 e. The lowest BCUT2D eigenvalue weighted by Gasteiger charge is -2.30. The zero-order chi connectivity index (χ0) is 26.5. The molecule has 0 fully saturated rings. The fraction of sp³-hybridized carbons (Fsp3) is 0.179. The topological polar surface area (TPSA) is 116 Å². The van der Waals surface area contributed by atoms with Crippen LogP contribution in [0, 0.1) is 11.2 Å². The van der Waals surface area contributed by atoms with Crippen molar-refractivity contribution in [3.63, 3.8) is 0 Å². The Kier molecular flexibility index (Phi) is 7.21. The molecule has 4 aromatic rings. The molecule has 3 N–H and O–H groups in total. The van der Waals surface area contributed by atoms with Gasteiger partial charge < -0.3 is 15.0 Å². The number of hydrogen-bond donors (Lipinski definition) is 3. The SMILES string of the molecule is COc1cc(F)c(C(=O)NC(=N)N2CCc3nc(NCc4ccccn4)ccc3C2)c(-c2ccccn2)c1. The normalized spacial score (nSPS) is 12.4. The quantitative estimate of drug-likeness (QED) is 0.264. The van der Waals surface area contributed by atoms with Crippen molar-refractivity contribution in [2.24, 2.45) is 0 Å². The number of methoxy groups -OCH3 is 1. The summed E-state index contributed by atoms with van der Waals surface area (Å²) in [5, 5.41) is 14.4. The number of halogens is 1. The highest BCUT2D eigenvalue weighted by atomic mass is 19.1. The number of guanidine groups is 1. The van der Waals surface area contributed by atoms with E-state index in [-0.39, 0.29) is 22.8 Å². The van der Waals surface area contributed by atoms with Gasteiger partial charge in [-0.3, -0.25) is 25.5 Å². The predicted octanol–water partition coefficient (Wildman–Crippen LogP) is 4.02. The number of fused-ring (bicyclic) bond motifs is 1. The maximum atomic E-state index is 15.1. The van der Waals surface area contributed by atoms with Crippen LogP contribution in [0.25, 0.3) is 11.3 Å². The number of anilines is 1. The third kappa shape index (κ3) is 5.44. The summed E-state index contributed by atoms with van der Waals surface area (Å²) in [6.45, 7) is 1.46. The van der Waals surface area contributed by atoms with Crippen molar-refractivity contribution >= 4 is 17.7 Å². The van der Waals surface area contributed by atoms with Crippen molar-refractivity contribution in [3.05, 3.63) is 101 Å². The Balaban J connectivity index is 1.28. The number of aromatic nitrogens is 3. The van der Waals surface area contributed by atoms with E-state index in [1.807, 2.05) is 30.3 Å². The summed E-state index contributed by atoms with van der Waals surface area (Å²) in [7, 11) is 1.43. The van der Waals surface area contributed by atoms with Gasteiger partial charge in [0, 0.05) is 49.2 Å². The van der Waals surface area contributed by atoms with E-state index in [1.54, 1.807) is 41.6 Å². The summed E-state index contributed by atoms with van der Waals surface area (Å²) >= 11 is 0. The van der Waals surface area contributed by atoms with Crippen LogP contribution >= 0.6 is 0 Å². The largest absolute Gasteiger partial charge is 0.497 e. The van der Waals surface area contributed by atoms with Gasteiger partial charge in [0.1, 0.15) is 17.4 Å². The average Bonchev–Trinajstić information content (AvgIpc) is 2.96. The molecule has 0 saturated carbocycles. The molecular weight excluding hydrogens is 485 g/mol. The molecule has 0 unspecified atom stereocenters. The first kappa shape index (κ1) is 24.8. The molecule has 0 radical (unpaired) electrons. The van der Waals surface area contributed by atoms with Crippen LogP contribution in [-0.4, -0.2) is 45.4 Å². The fourth-order valence-electron chi connectivity index (χ4n) is 4.29. The van der Waals surface area contributed by atoms with Crippen molar-refractivity contribution in [2.75, 3.05) is 19.0 Å². The number of amides is 1. The minimum atomic E-state index is -0.755. The number of rotatable bonds is 6. The predicted molar refractivity (Wildman–Crippen MR) is 141 cm³/mol. The number of nitrogens with zero attached hydrogens (tertiary/aromatic N) is 4. The maximum absolute atomic E-state index is 15.1. The van der Waals surface area contributed by atoms with Crippen molar-refractivity contribution in [2.45, 2.75) is 19.5 Å². The third-order valence-corrected chi connectivity index (χ3v) is 6.24. The Morgan fingerprint density at radius 1 is 1.11 bits per heavy atom. The van der Waals surface area contributed by atoms with E-state index >= 15 is 4.39 Å². The summed E-state index contributed by atoms with van der Waals surface area (Å²) in [5.41, 5.74) is 3.33. The molecular formula is C28H26FN7O2. The molecule has 0 spiro atoms. The molecule has 1 aliphatic rings. The summed E-state index contributed by atoms with van der Waals surface area (Å²) in [4.78, 5) is 28.2. The Bertz CT molecular complexity index is 1470.